The molecule has 0 spiro atoms. The van der Waals surface area contributed by atoms with E-state index in [1.165, 1.54) is 20.8 Å². The van der Waals surface area contributed by atoms with Crippen LogP contribution in [0.4, 0.5) is 0 Å². The molecule has 0 bridgehead atoms. The summed E-state index contributed by atoms with van der Waals surface area (Å²) in [5, 5.41) is 120. The summed E-state index contributed by atoms with van der Waals surface area (Å²) < 4.78 is 58.1. The fraction of sp³-hybridized carbons (Fsp3) is 0.895. The first kappa shape index (κ1) is 63.4. The van der Waals surface area contributed by atoms with E-state index in [0.29, 0.717) is 25.7 Å². The van der Waals surface area contributed by atoms with Crippen LogP contribution >= 0.6 is 0 Å². The predicted molar refractivity (Wildman–Crippen MR) is 276 cm³/mol. The standard InChI is InChI=1S/C57H88O25/c1-24-35(61)37(63)40(66)46(75-24)73-22-30-36(62)38(64)41(67)48(79-30)81-44-29(21-58)78-49(42(68)39(44)65)82-51(72)57-18-16-53(6,50(70)71)20-28(57)27-10-11-33-54(7)14-13-34(52(4,5)32(54)12-15-56(33,9)55(27,8)17-19-57)80-47-43(69)45(77-26(3)60)31(23-74-47)76-25(2)59/h10,24,28-49,58,61-69H,11-23H2,1-9H3,(H,70,71)/t24-,28-,29-,30-,31-,32+,33-,34+,35-,36-,37+,38+,39-,40-,41-,42-,43-,44-,45+,46-,47+,48+,49+,53+,54+,55-,56+,57-/m0/s1. The molecule has 4 saturated heterocycles. The predicted octanol–water partition coefficient (Wildman–Crippen LogP) is -0.162. The minimum absolute atomic E-state index is 0.112. The highest BCUT2D eigenvalue weighted by atomic mass is 16.8. The maximum Gasteiger partial charge on any atom is 0.315 e. The molecule has 28 atom stereocenters. The third-order valence-electron chi connectivity index (χ3n) is 21.8. The van der Waals surface area contributed by atoms with Gasteiger partial charge in [0.1, 0.15) is 73.2 Å². The van der Waals surface area contributed by atoms with Gasteiger partial charge in [0.25, 0.3) is 0 Å². The number of esters is 3. The van der Waals surface area contributed by atoms with Gasteiger partial charge in [0, 0.05) is 13.8 Å². The summed E-state index contributed by atoms with van der Waals surface area (Å²) in [7, 11) is 0. The Kier molecular flexibility index (Phi) is 18.0. The average molecular weight is 1170 g/mol. The van der Waals surface area contributed by atoms with Crippen LogP contribution in [0.15, 0.2) is 11.6 Å². The van der Waals surface area contributed by atoms with Crippen LogP contribution in [0.25, 0.3) is 0 Å². The zero-order chi connectivity index (χ0) is 60.1. The summed E-state index contributed by atoms with van der Waals surface area (Å²) in [5.41, 5.74) is -3.05. The second-order valence-electron chi connectivity index (χ2n) is 26.7. The van der Waals surface area contributed by atoms with E-state index in [2.05, 4.69) is 40.7 Å². The second-order valence-corrected chi connectivity index (χ2v) is 26.7. The highest BCUT2D eigenvalue weighted by Crippen LogP contribution is 2.76. The molecule has 8 fully saturated rings. The van der Waals surface area contributed by atoms with Crippen molar-refractivity contribution in [2.45, 2.75) is 249 Å². The molecule has 0 radical (unpaired) electrons. The van der Waals surface area contributed by atoms with E-state index in [-0.39, 0.29) is 54.6 Å². The number of fused-ring (bicyclic) bond motifs is 7. The molecule has 9 rings (SSSR count). The number of hydrogen-bond acceptors (Lipinski definition) is 24. The van der Waals surface area contributed by atoms with Crippen LogP contribution in [0.5, 0.6) is 0 Å². The third-order valence-corrected chi connectivity index (χ3v) is 21.8. The Bertz CT molecular complexity index is 2390. The van der Waals surface area contributed by atoms with Crippen LogP contribution in [0.3, 0.4) is 0 Å². The van der Waals surface area contributed by atoms with E-state index in [9.17, 15) is 70.6 Å². The van der Waals surface area contributed by atoms with Gasteiger partial charge in [-0.15, -0.1) is 0 Å². The monoisotopic (exact) mass is 1170 g/mol. The van der Waals surface area contributed by atoms with Gasteiger partial charge in [0.2, 0.25) is 6.29 Å². The fourth-order valence-electron chi connectivity index (χ4n) is 16.8. The van der Waals surface area contributed by atoms with Gasteiger partial charge in [-0.3, -0.25) is 19.2 Å². The quantitative estimate of drug-likeness (QED) is 0.0494. The van der Waals surface area contributed by atoms with Crippen molar-refractivity contribution in [3.8, 4) is 0 Å². The van der Waals surface area contributed by atoms with Crippen LogP contribution in [-0.2, 0) is 66.5 Å². The first-order valence-electron chi connectivity index (χ1n) is 29.0. The molecule has 0 aromatic rings. The minimum Gasteiger partial charge on any atom is -0.481 e. The summed E-state index contributed by atoms with van der Waals surface area (Å²) in [4.78, 5) is 52.3. The second kappa shape index (κ2) is 23.2. The molecule has 0 aromatic carbocycles. The molecule has 466 valence electrons. The minimum atomic E-state index is -2.02. The number of carbonyl (C=O) groups excluding carboxylic acids is 3. The molecule has 0 aromatic heterocycles. The highest BCUT2D eigenvalue weighted by molar-refractivity contribution is 5.81. The van der Waals surface area contributed by atoms with E-state index in [0.717, 1.165) is 24.8 Å². The molecule has 25 heteroatoms. The number of aliphatic hydroxyl groups is 10. The van der Waals surface area contributed by atoms with Crippen LogP contribution < -0.4 is 0 Å². The maximum absolute atomic E-state index is 15.2. The number of carbonyl (C=O) groups is 4. The topological polar surface area (TPSA) is 383 Å². The van der Waals surface area contributed by atoms with Gasteiger partial charge in [-0.05, 0) is 117 Å². The molecule has 11 N–H and O–H groups in total. The summed E-state index contributed by atoms with van der Waals surface area (Å²) >= 11 is 0. The molecule has 4 heterocycles. The number of hydrogen-bond donors (Lipinski definition) is 11. The van der Waals surface area contributed by atoms with Crippen molar-refractivity contribution in [1.29, 1.82) is 0 Å². The molecule has 0 amide bonds. The van der Waals surface area contributed by atoms with Gasteiger partial charge in [-0.1, -0.05) is 46.3 Å². The van der Waals surface area contributed by atoms with Crippen LogP contribution in [0, 0.1) is 50.2 Å². The zero-order valence-corrected chi connectivity index (χ0v) is 48.2. The van der Waals surface area contributed by atoms with Crippen molar-refractivity contribution in [3.63, 3.8) is 0 Å². The van der Waals surface area contributed by atoms with Crippen molar-refractivity contribution in [3.05, 3.63) is 11.6 Å². The Balaban J connectivity index is 0.908. The molecule has 4 aliphatic heterocycles. The Morgan fingerprint density at radius 2 is 1.26 bits per heavy atom. The van der Waals surface area contributed by atoms with E-state index >= 15 is 4.79 Å². The number of allylic oxidation sites excluding steroid dienone is 2. The summed E-state index contributed by atoms with van der Waals surface area (Å²) in [5.74, 6) is -3.40. The Labute approximate surface area is 476 Å². The number of aliphatic carboxylic acids is 1. The normalized spacial score (nSPS) is 50.9. The van der Waals surface area contributed by atoms with Crippen molar-refractivity contribution in [2.75, 3.05) is 19.8 Å². The first-order valence-corrected chi connectivity index (χ1v) is 29.0. The van der Waals surface area contributed by atoms with Gasteiger partial charge >= 0.3 is 23.9 Å². The smallest absolute Gasteiger partial charge is 0.315 e. The van der Waals surface area contributed by atoms with E-state index in [4.69, 9.17) is 47.4 Å². The molecule has 25 nitrogen and oxygen atoms in total. The third kappa shape index (κ3) is 10.7. The number of carboxylic acid groups (broad SMARTS) is 1. The van der Waals surface area contributed by atoms with Crippen LogP contribution in [0.2, 0.25) is 0 Å². The van der Waals surface area contributed by atoms with E-state index in [1.54, 1.807) is 6.92 Å². The molecule has 4 saturated carbocycles. The Morgan fingerprint density at radius 3 is 1.91 bits per heavy atom. The lowest BCUT2D eigenvalue weighted by molar-refractivity contribution is -0.362. The van der Waals surface area contributed by atoms with Crippen LogP contribution in [0.1, 0.15) is 127 Å². The maximum atomic E-state index is 15.2. The number of ether oxygens (including phenoxy) is 10. The van der Waals surface area contributed by atoms with Crippen molar-refractivity contribution in [2.24, 2.45) is 50.2 Å². The van der Waals surface area contributed by atoms with Gasteiger partial charge < -0.3 is 104 Å². The first-order chi connectivity index (χ1) is 38.3. The number of rotatable bonds is 13. The largest absolute Gasteiger partial charge is 0.481 e. The molecular weight excluding hydrogens is 1080 g/mol. The molecule has 9 aliphatic rings. The lowest BCUT2D eigenvalue weighted by Gasteiger charge is -2.71. The Morgan fingerprint density at radius 1 is 0.622 bits per heavy atom. The zero-order valence-electron chi connectivity index (χ0n) is 48.2. The summed E-state index contributed by atoms with van der Waals surface area (Å²) in [6.07, 6.45) is -23.7. The van der Waals surface area contributed by atoms with Gasteiger partial charge in [0.15, 0.2) is 31.1 Å². The number of aliphatic hydroxyl groups excluding tert-OH is 10. The molecular formula is C57H88O25. The molecule has 82 heavy (non-hydrogen) atoms. The average Bonchev–Trinajstić information content (AvgIpc) is 3.61. The van der Waals surface area contributed by atoms with Crippen molar-refractivity contribution < 1.29 is 123 Å². The lowest BCUT2D eigenvalue weighted by Crippen LogP contribution is -2.66. The Hall–Kier alpha value is -3.06. The molecule has 5 aliphatic carbocycles. The van der Waals surface area contributed by atoms with Crippen molar-refractivity contribution >= 4 is 23.9 Å². The van der Waals surface area contributed by atoms with Gasteiger partial charge in [-0.25, -0.2) is 0 Å². The summed E-state index contributed by atoms with van der Waals surface area (Å²) in [6.45, 7) is 15.2. The lowest BCUT2D eigenvalue weighted by atomic mass is 9.33. The van der Waals surface area contributed by atoms with E-state index < -0.39 is 181 Å². The van der Waals surface area contributed by atoms with Crippen LogP contribution in [-0.4, -0.2) is 223 Å². The fourth-order valence-corrected chi connectivity index (χ4v) is 16.8. The highest BCUT2D eigenvalue weighted by Gasteiger charge is 2.71. The molecule has 0 unspecified atom stereocenters. The SMILES string of the molecule is CC(=O)O[C@H]1[C@H](O)[C@@H](O[C@@H]2CC[C@]3(C)[C@H](CC[C@]4(C)[C@H]3CC=C3[C@@H]5C[C@](C)(C(=O)O)CC[C@]5(C(=O)O[C@H]5O[C@@H](CO)[C@H](O[C@H]6O[C@@H](CO[C@H]7O[C@@H](C)[C@H](O)[C@@H](O)[C@@H]7O)[C@H](O)[C@@H](O)[C@@H]6O)[C@@H](O)[C@@H]5O)CC[C@@]34C)C2(C)C)OC[C@@H]1OC(C)=O. The van der Waals surface area contributed by atoms with Gasteiger partial charge in [0.05, 0.1) is 42.9 Å². The number of carboxylic acids is 1. The summed E-state index contributed by atoms with van der Waals surface area (Å²) in [6, 6.07) is 0. The van der Waals surface area contributed by atoms with Crippen molar-refractivity contribution in [1.82, 2.24) is 0 Å². The van der Waals surface area contributed by atoms with Gasteiger partial charge in [-0.2, -0.15) is 0 Å². The van der Waals surface area contributed by atoms with E-state index in [1.807, 2.05) is 0 Å².